The van der Waals surface area contributed by atoms with Gasteiger partial charge in [-0.3, -0.25) is 4.79 Å². The van der Waals surface area contributed by atoms with Crippen LogP contribution in [-0.4, -0.2) is 23.8 Å². The Morgan fingerprint density at radius 3 is 2.79 bits per heavy atom. The Morgan fingerprint density at radius 2 is 2.21 bits per heavy atom. The van der Waals surface area contributed by atoms with Crippen molar-refractivity contribution in [1.29, 1.82) is 0 Å². The predicted molar refractivity (Wildman–Crippen MR) is 56.9 cm³/mol. The number of rotatable bonds is 5. The van der Waals surface area contributed by atoms with Crippen molar-refractivity contribution in [1.82, 2.24) is 0 Å². The van der Waals surface area contributed by atoms with Gasteiger partial charge in [0.25, 0.3) is 0 Å². The molecule has 4 heteroatoms. The largest absolute Gasteiger partial charge is 0.481 e. The third kappa shape index (κ3) is 3.84. The van der Waals surface area contributed by atoms with Crippen molar-refractivity contribution in [2.24, 2.45) is 5.92 Å². The minimum absolute atomic E-state index is 0. The first-order valence-electron chi connectivity index (χ1n) is 5.10. The van der Waals surface area contributed by atoms with Gasteiger partial charge in [-0.1, -0.05) is 13.3 Å². The summed E-state index contributed by atoms with van der Waals surface area (Å²) >= 11 is 0. The maximum Gasteiger partial charge on any atom is 0.309 e. The molecule has 0 aliphatic heterocycles. The normalized spacial score (nSPS) is 25.8. The first-order chi connectivity index (χ1) is 6.25. The number of aliphatic carboxylic acids is 1. The molecule has 1 aliphatic rings. The van der Waals surface area contributed by atoms with Crippen molar-refractivity contribution in [3.63, 3.8) is 0 Å². The molecule has 1 rings (SSSR count). The Hall–Kier alpha value is -0.280. The van der Waals surface area contributed by atoms with Crippen LogP contribution in [0.1, 0.15) is 39.0 Å². The minimum Gasteiger partial charge on any atom is -0.481 e. The molecule has 0 spiro atoms. The van der Waals surface area contributed by atoms with Gasteiger partial charge in [0.05, 0.1) is 12.0 Å². The quantitative estimate of drug-likeness (QED) is 0.727. The van der Waals surface area contributed by atoms with Gasteiger partial charge in [0.1, 0.15) is 0 Å². The average molecular weight is 223 g/mol. The van der Waals surface area contributed by atoms with E-state index in [0.717, 1.165) is 32.1 Å². The zero-order chi connectivity index (χ0) is 9.68. The first-order valence-corrected chi connectivity index (χ1v) is 5.10. The second kappa shape index (κ2) is 7.07. The Kier molecular flexibility index (Phi) is 6.93. The van der Waals surface area contributed by atoms with Crippen LogP contribution in [0.25, 0.3) is 0 Å². The van der Waals surface area contributed by atoms with E-state index in [9.17, 15) is 4.79 Å². The van der Waals surface area contributed by atoms with Crippen LogP contribution in [0.3, 0.4) is 0 Å². The van der Waals surface area contributed by atoms with E-state index in [1.807, 2.05) is 0 Å². The lowest BCUT2D eigenvalue weighted by molar-refractivity contribution is -0.146. The number of hydrogen-bond donors (Lipinski definition) is 1. The highest BCUT2D eigenvalue weighted by Crippen LogP contribution is 2.28. The van der Waals surface area contributed by atoms with Crippen LogP contribution in [0.15, 0.2) is 0 Å². The first kappa shape index (κ1) is 13.7. The van der Waals surface area contributed by atoms with Gasteiger partial charge in [-0.25, -0.2) is 0 Å². The molecule has 0 radical (unpaired) electrons. The fraction of sp³-hybridized carbons (Fsp3) is 0.900. The average Bonchev–Trinajstić information content (AvgIpc) is 2.53. The number of carboxylic acid groups (broad SMARTS) is 1. The summed E-state index contributed by atoms with van der Waals surface area (Å²) < 4.78 is 5.54. The summed E-state index contributed by atoms with van der Waals surface area (Å²) in [7, 11) is 0. The molecule has 84 valence electrons. The van der Waals surface area contributed by atoms with E-state index >= 15 is 0 Å². The summed E-state index contributed by atoms with van der Waals surface area (Å²) in [5.41, 5.74) is 0. The smallest absolute Gasteiger partial charge is 0.309 e. The van der Waals surface area contributed by atoms with Crippen LogP contribution in [0.2, 0.25) is 0 Å². The highest BCUT2D eigenvalue weighted by Gasteiger charge is 2.33. The number of carboxylic acids is 1. The Labute approximate surface area is 91.2 Å². The lowest BCUT2D eigenvalue weighted by atomic mass is 10.1. The van der Waals surface area contributed by atoms with Crippen molar-refractivity contribution >= 4 is 18.4 Å². The number of ether oxygens (including phenoxy) is 1. The van der Waals surface area contributed by atoms with Gasteiger partial charge in [-0.05, 0) is 25.7 Å². The van der Waals surface area contributed by atoms with E-state index in [4.69, 9.17) is 9.84 Å². The Balaban J connectivity index is 0.00000169. The number of unbranched alkanes of at least 4 members (excludes halogenated alkanes) is 1. The standard InChI is InChI=1S/C10H18O3.ClH/c1-2-3-7-13-9-6-4-5-8(9)10(11)12;/h8-9H,2-7H2,1H3,(H,11,12);1H/t8-,9+;/m1./s1. The second-order valence-electron chi connectivity index (χ2n) is 3.64. The van der Waals surface area contributed by atoms with Crippen LogP contribution >= 0.6 is 12.4 Å². The molecule has 1 aliphatic carbocycles. The predicted octanol–water partition coefficient (Wildman–Crippen LogP) is 2.48. The molecule has 1 N–H and O–H groups in total. The summed E-state index contributed by atoms with van der Waals surface area (Å²) in [5, 5.41) is 8.86. The molecule has 0 aromatic rings. The van der Waals surface area contributed by atoms with Gasteiger partial charge < -0.3 is 9.84 Å². The van der Waals surface area contributed by atoms with Crippen molar-refractivity contribution in [3.05, 3.63) is 0 Å². The Morgan fingerprint density at radius 1 is 1.50 bits per heavy atom. The fourth-order valence-corrected chi connectivity index (χ4v) is 1.79. The fourth-order valence-electron chi connectivity index (χ4n) is 1.79. The van der Waals surface area contributed by atoms with E-state index in [0.29, 0.717) is 6.61 Å². The van der Waals surface area contributed by atoms with Gasteiger partial charge in [0.15, 0.2) is 0 Å². The van der Waals surface area contributed by atoms with Gasteiger partial charge >= 0.3 is 5.97 Å². The van der Waals surface area contributed by atoms with Crippen LogP contribution < -0.4 is 0 Å². The SMILES string of the molecule is CCCCO[C@H]1CCC[C@H]1C(=O)O.Cl. The van der Waals surface area contributed by atoms with Gasteiger partial charge in [0, 0.05) is 6.61 Å². The minimum atomic E-state index is -0.695. The molecule has 0 saturated heterocycles. The lowest BCUT2D eigenvalue weighted by Gasteiger charge is -2.16. The molecule has 0 aromatic carbocycles. The summed E-state index contributed by atoms with van der Waals surface area (Å²) in [6.45, 7) is 2.82. The molecular formula is C10H19ClO3. The molecule has 1 saturated carbocycles. The molecule has 14 heavy (non-hydrogen) atoms. The molecule has 0 unspecified atom stereocenters. The molecule has 0 bridgehead atoms. The van der Waals surface area contributed by atoms with Crippen molar-refractivity contribution in [2.45, 2.75) is 45.1 Å². The van der Waals surface area contributed by atoms with Crippen LogP contribution in [0.4, 0.5) is 0 Å². The van der Waals surface area contributed by atoms with E-state index in [-0.39, 0.29) is 24.4 Å². The third-order valence-electron chi connectivity index (χ3n) is 2.60. The zero-order valence-corrected chi connectivity index (χ0v) is 9.39. The molecular weight excluding hydrogens is 204 g/mol. The molecule has 0 aromatic heterocycles. The van der Waals surface area contributed by atoms with E-state index in [1.54, 1.807) is 0 Å². The van der Waals surface area contributed by atoms with Crippen LogP contribution in [0, 0.1) is 5.92 Å². The van der Waals surface area contributed by atoms with E-state index < -0.39 is 5.97 Å². The maximum atomic E-state index is 10.8. The number of carbonyl (C=O) groups is 1. The van der Waals surface area contributed by atoms with Crippen LogP contribution in [0.5, 0.6) is 0 Å². The van der Waals surface area contributed by atoms with E-state index in [2.05, 4.69) is 6.92 Å². The van der Waals surface area contributed by atoms with Crippen molar-refractivity contribution in [2.75, 3.05) is 6.61 Å². The Bertz CT molecular complexity index is 173. The summed E-state index contributed by atoms with van der Waals surface area (Å²) in [6, 6.07) is 0. The summed E-state index contributed by atoms with van der Waals surface area (Å²) in [6.07, 6.45) is 4.80. The third-order valence-corrected chi connectivity index (χ3v) is 2.60. The number of halogens is 1. The summed E-state index contributed by atoms with van der Waals surface area (Å²) in [4.78, 5) is 10.8. The van der Waals surface area contributed by atoms with Gasteiger partial charge in [0.2, 0.25) is 0 Å². The zero-order valence-electron chi connectivity index (χ0n) is 8.57. The lowest BCUT2D eigenvalue weighted by Crippen LogP contribution is -2.25. The van der Waals surface area contributed by atoms with Crippen molar-refractivity contribution in [3.8, 4) is 0 Å². The molecule has 0 amide bonds. The molecule has 3 nitrogen and oxygen atoms in total. The topological polar surface area (TPSA) is 46.5 Å². The maximum absolute atomic E-state index is 10.8. The van der Waals surface area contributed by atoms with Gasteiger partial charge in [-0.15, -0.1) is 12.4 Å². The monoisotopic (exact) mass is 222 g/mol. The number of hydrogen-bond acceptors (Lipinski definition) is 2. The molecule has 2 atom stereocenters. The van der Waals surface area contributed by atoms with Crippen molar-refractivity contribution < 1.29 is 14.6 Å². The van der Waals surface area contributed by atoms with E-state index in [1.165, 1.54) is 0 Å². The molecule has 1 fully saturated rings. The highest BCUT2D eigenvalue weighted by atomic mass is 35.5. The highest BCUT2D eigenvalue weighted by molar-refractivity contribution is 5.85. The molecule has 0 heterocycles. The summed E-state index contributed by atoms with van der Waals surface area (Å²) in [5.74, 6) is -0.948. The van der Waals surface area contributed by atoms with Gasteiger partial charge in [-0.2, -0.15) is 0 Å². The van der Waals surface area contributed by atoms with Crippen LogP contribution in [-0.2, 0) is 9.53 Å². The second-order valence-corrected chi connectivity index (χ2v) is 3.64.